The summed E-state index contributed by atoms with van der Waals surface area (Å²) in [5.74, 6) is 0. The number of hydrogen-bond donors (Lipinski definition) is 0. The Kier molecular flexibility index (Phi) is 5.14. The van der Waals surface area contributed by atoms with E-state index in [-0.39, 0.29) is 0 Å². The second-order valence-electron chi connectivity index (χ2n) is 7.72. The first-order valence-corrected chi connectivity index (χ1v) is 10.6. The van der Waals surface area contributed by atoms with Crippen LogP contribution in [0.15, 0.2) is 121 Å². The fourth-order valence-corrected chi connectivity index (χ4v) is 4.23. The smallest absolute Gasteiger partial charge is 0.0109 e. The van der Waals surface area contributed by atoms with Crippen molar-refractivity contribution in [3.63, 3.8) is 0 Å². The van der Waals surface area contributed by atoms with Crippen LogP contribution in [0.2, 0.25) is 0 Å². The van der Waals surface area contributed by atoms with Gasteiger partial charge in [-0.1, -0.05) is 121 Å². The summed E-state index contributed by atoms with van der Waals surface area (Å²) < 4.78 is 0. The SMILES string of the molecule is C1=C(c2ccc(-c3ccccc3)cc2)C=C(c2ccccc2-c2ccccc2)CC1. The molecule has 0 aromatic heterocycles. The van der Waals surface area contributed by atoms with E-state index >= 15 is 0 Å². The zero-order chi connectivity index (χ0) is 20.2. The van der Waals surface area contributed by atoms with Crippen LogP contribution in [0.5, 0.6) is 0 Å². The molecular weight excluding hydrogens is 360 g/mol. The minimum Gasteiger partial charge on any atom is -0.0763 e. The summed E-state index contributed by atoms with van der Waals surface area (Å²) in [6, 6.07) is 39.0. The lowest BCUT2D eigenvalue weighted by atomic mass is 9.87. The van der Waals surface area contributed by atoms with Crippen molar-refractivity contribution in [3.05, 3.63) is 132 Å². The lowest BCUT2D eigenvalue weighted by Crippen LogP contribution is -1.95. The molecule has 1 aliphatic rings. The summed E-state index contributed by atoms with van der Waals surface area (Å²) in [6.07, 6.45) is 6.90. The van der Waals surface area contributed by atoms with Crippen molar-refractivity contribution >= 4 is 11.1 Å². The van der Waals surface area contributed by atoms with Gasteiger partial charge in [-0.25, -0.2) is 0 Å². The molecule has 0 heterocycles. The van der Waals surface area contributed by atoms with Gasteiger partial charge in [0.15, 0.2) is 0 Å². The van der Waals surface area contributed by atoms with Crippen LogP contribution in [-0.4, -0.2) is 0 Å². The average molecular weight is 385 g/mol. The van der Waals surface area contributed by atoms with Crippen LogP contribution < -0.4 is 0 Å². The van der Waals surface area contributed by atoms with Gasteiger partial charge in [0.25, 0.3) is 0 Å². The summed E-state index contributed by atoms with van der Waals surface area (Å²) in [5.41, 5.74) is 10.5. The first-order valence-electron chi connectivity index (χ1n) is 10.6. The van der Waals surface area contributed by atoms with Gasteiger partial charge in [0.2, 0.25) is 0 Å². The fraction of sp³-hybridized carbons (Fsp3) is 0.0667. The molecule has 0 unspecified atom stereocenters. The van der Waals surface area contributed by atoms with Crippen LogP contribution >= 0.6 is 0 Å². The van der Waals surface area contributed by atoms with Crippen molar-refractivity contribution in [3.8, 4) is 22.3 Å². The molecule has 0 bridgehead atoms. The molecule has 0 amide bonds. The van der Waals surface area contributed by atoms with Crippen LogP contribution in [0.1, 0.15) is 24.0 Å². The summed E-state index contributed by atoms with van der Waals surface area (Å²) in [4.78, 5) is 0. The van der Waals surface area contributed by atoms with Gasteiger partial charge in [-0.15, -0.1) is 0 Å². The minimum absolute atomic E-state index is 1.07. The van der Waals surface area contributed by atoms with E-state index < -0.39 is 0 Å². The monoisotopic (exact) mass is 384 g/mol. The second-order valence-corrected chi connectivity index (χ2v) is 7.72. The van der Waals surface area contributed by atoms with Gasteiger partial charge in [-0.3, -0.25) is 0 Å². The quantitative estimate of drug-likeness (QED) is 0.332. The third kappa shape index (κ3) is 3.77. The standard InChI is InChI=1S/C30H24/c1-3-10-23(11-4-1)24-18-20-25(21-19-24)27-14-9-15-28(22-27)30-17-8-7-16-29(30)26-12-5-2-6-13-26/h1-8,10-14,16-22H,9,15H2. The highest BCUT2D eigenvalue weighted by Gasteiger charge is 2.13. The normalized spacial score (nSPS) is 13.5. The molecule has 0 N–H and O–H groups in total. The highest BCUT2D eigenvalue weighted by atomic mass is 14.2. The molecule has 0 fully saturated rings. The number of rotatable bonds is 4. The van der Waals surface area contributed by atoms with E-state index in [1.165, 1.54) is 44.5 Å². The maximum absolute atomic E-state index is 2.38. The highest BCUT2D eigenvalue weighted by Crippen LogP contribution is 2.36. The van der Waals surface area contributed by atoms with Crippen molar-refractivity contribution in [2.24, 2.45) is 0 Å². The molecule has 5 rings (SSSR count). The molecule has 0 saturated heterocycles. The van der Waals surface area contributed by atoms with E-state index in [4.69, 9.17) is 0 Å². The van der Waals surface area contributed by atoms with Gasteiger partial charge in [0.05, 0.1) is 0 Å². The van der Waals surface area contributed by atoms with Crippen LogP contribution in [0.3, 0.4) is 0 Å². The average Bonchev–Trinajstić information content (AvgIpc) is 2.85. The van der Waals surface area contributed by atoms with Gasteiger partial charge < -0.3 is 0 Å². The maximum atomic E-state index is 2.38. The fourth-order valence-electron chi connectivity index (χ4n) is 4.23. The predicted molar refractivity (Wildman–Crippen MR) is 129 cm³/mol. The van der Waals surface area contributed by atoms with Crippen LogP contribution in [0, 0.1) is 0 Å². The van der Waals surface area contributed by atoms with Crippen LogP contribution in [0.4, 0.5) is 0 Å². The van der Waals surface area contributed by atoms with Gasteiger partial charge in [0.1, 0.15) is 0 Å². The molecule has 30 heavy (non-hydrogen) atoms. The predicted octanol–water partition coefficient (Wildman–Crippen LogP) is 8.28. The zero-order valence-corrected chi connectivity index (χ0v) is 17.0. The van der Waals surface area contributed by atoms with Crippen molar-refractivity contribution in [2.75, 3.05) is 0 Å². The van der Waals surface area contributed by atoms with Crippen molar-refractivity contribution < 1.29 is 0 Å². The largest absolute Gasteiger partial charge is 0.0763 e. The van der Waals surface area contributed by atoms with E-state index in [1.54, 1.807) is 0 Å². The molecule has 0 nitrogen and oxygen atoms in total. The highest BCUT2D eigenvalue weighted by molar-refractivity contribution is 5.90. The maximum Gasteiger partial charge on any atom is -0.0109 e. The van der Waals surface area contributed by atoms with E-state index in [1.807, 2.05) is 0 Å². The lowest BCUT2D eigenvalue weighted by molar-refractivity contribution is 1.06. The third-order valence-corrected chi connectivity index (χ3v) is 5.79. The zero-order valence-electron chi connectivity index (χ0n) is 17.0. The van der Waals surface area contributed by atoms with Crippen molar-refractivity contribution in [1.29, 1.82) is 0 Å². The Morgan fingerprint density at radius 1 is 0.433 bits per heavy atom. The van der Waals surface area contributed by atoms with E-state index in [0.29, 0.717) is 0 Å². The molecule has 4 aromatic rings. The Morgan fingerprint density at radius 2 is 0.967 bits per heavy atom. The van der Waals surface area contributed by atoms with E-state index in [0.717, 1.165) is 12.8 Å². The van der Waals surface area contributed by atoms with Gasteiger partial charge >= 0.3 is 0 Å². The molecule has 0 radical (unpaired) electrons. The molecule has 4 aromatic carbocycles. The Hall–Kier alpha value is -3.64. The number of benzene rings is 4. The minimum atomic E-state index is 1.07. The van der Waals surface area contributed by atoms with Gasteiger partial charge in [-0.2, -0.15) is 0 Å². The molecular formula is C30H24. The molecule has 1 aliphatic carbocycles. The Morgan fingerprint density at radius 3 is 1.67 bits per heavy atom. The summed E-state index contributed by atoms with van der Waals surface area (Å²) in [5, 5.41) is 0. The lowest BCUT2D eigenvalue weighted by Gasteiger charge is -2.18. The first kappa shape index (κ1) is 18.4. The first-order chi connectivity index (χ1) is 14.9. The number of hydrogen-bond acceptors (Lipinski definition) is 0. The van der Waals surface area contributed by atoms with Crippen molar-refractivity contribution in [1.82, 2.24) is 0 Å². The molecule has 0 atom stereocenters. The third-order valence-electron chi connectivity index (χ3n) is 5.79. The molecule has 0 heteroatoms. The van der Waals surface area contributed by atoms with Crippen LogP contribution in [-0.2, 0) is 0 Å². The van der Waals surface area contributed by atoms with Crippen LogP contribution in [0.25, 0.3) is 33.4 Å². The summed E-state index contributed by atoms with van der Waals surface area (Å²) in [6.45, 7) is 0. The van der Waals surface area contributed by atoms with E-state index in [9.17, 15) is 0 Å². The topological polar surface area (TPSA) is 0 Å². The van der Waals surface area contributed by atoms with Crippen molar-refractivity contribution in [2.45, 2.75) is 12.8 Å². The second kappa shape index (κ2) is 8.39. The Bertz CT molecular complexity index is 1190. The molecule has 0 spiro atoms. The summed E-state index contributed by atoms with van der Waals surface area (Å²) >= 11 is 0. The Labute approximate surface area is 178 Å². The molecule has 0 aliphatic heterocycles. The molecule has 0 saturated carbocycles. The van der Waals surface area contributed by atoms with E-state index in [2.05, 4.69) is 121 Å². The summed E-state index contributed by atoms with van der Waals surface area (Å²) in [7, 11) is 0. The molecule has 144 valence electrons. The Balaban J connectivity index is 1.48. The van der Waals surface area contributed by atoms with Gasteiger partial charge in [0, 0.05) is 0 Å². The number of allylic oxidation sites excluding steroid dienone is 4. The van der Waals surface area contributed by atoms with Gasteiger partial charge in [-0.05, 0) is 57.4 Å².